The molecule has 0 aliphatic heterocycles. The molecule has 0 aliphatic rings. The average molecular weight is 365 g/mol. The van der Waals surface area contributed by atoms with Crippen LogP contribution in [0.1, 0.15) is 55.4 Å². The molecule has 0 aromatic rings. The molecule has 0 fully saturated rings. The van der Waals surface area contributed by atoms with E-state index in [9.17, 15) is 0 Å². The van der Waals surface area contributed by atoms with Crippen molar-refractivity contribution in [3.05, 3.63) is 0 Å². The van der Waals surface area contributed by atoms with Gasteiger partial charge in [0, 0.05) is 12.7 Å². The van der Waals surface area contributed by atoms with Gasteiger partial charge in [0.1, 0.15) is 0 Å². The van der Waals surface area contributed by atoms with Gasteiger partial charge in [0.05, 0.1) is 0 Å². The van der Waals surface area contributed by atoms with Crippen LogP contribution in [0, 0.1) is 0 Å². The van der Waals surface area contributed by atoms with E-state index in [2.05, 4.69) is 55.4 Å². The molecule has 0 radical (unpaired) electrons. The van der Waals surface area contributed by atoms with Crippen molar-refractivity contribution in [3.8, 4) is 0 Å². The fourth-order valence-electron chi connectivity index (χ4n) is 3.14. The van der Waals surface area contributed by atoms with Crippen molar-refractivity contribution < 1.29 is 12.7 Å². The lowest BCUT2D eigenvalue weighted by molar-refractivity contribution is 0.165. The third kappa shape index (κ3) is 5.56. The molecule has 0 atom stereocenters. The van der Waals surface area contributed by atoms with E-state index < -0.39 is 25.4 Å². The zero-order valence-corrected chi connectivity index (χ0v) is 19.4. The largest absolute Gasteiger partial charge is 0.479 e. The van der Waals surface area contributed by atoms with Gasteiger partial charge in [-0.1, -0.05) is 48.5 Å². The molecular weight excluding hydrogens is 324 g/mol. The standard InChI is InChI=1S/C16H40O3Si3/c1-9-17-22(16-8,18-20(10-2,11-3)12-4)19-21(13-5,14-6)15-7/h9-16H2,1-8H3. The highest BCUT2D eigenvalue weighted by Gasteiger charge is 2.50. The van der Waals surface area contributed by atoms with Crippen LogP contribution in [0.25, 0.3) is 0 Å². The molecule has 0 aliphatic carbocycles. The zero-order chi connectivity index (χ0) is 17.3. The normalized spacial score (nSPS) is 13.6. The van der Waals surface area contributed by atoms with Crippen LogP contribution in [0.2, 0.25) is 42.3 Å². The number of hydrogen-bond acceptors (Lipinski definition) is 3. The molecule has 0 amide bonds. The van der Waals surface area contributed by atoms with Gasteiger partial charge >= 0.3 is 8.80 Å². The van der Waals surface area contributed by atoms with E-state index in [0.29, 0.717) is 6.61 Å². The molecule has 3 nitrogen and oxygen atoms in total. The second-order valence-corrected chi connectivity index (χ2v) is 19.1. The molecule has 0 bridgehead atoms. The van der Waals surface area contributed by atoms with Gasteiger partial charge in [-0.25, -0.2) is 0 Å². The Balaban J connectivity index is 5.56. The predicted octanol–water partition coefficient (Wildman–Crippen LogP) is 6.03. The highest BCUT2D eigenvalue weighted by atomic mass is 28.5. The lowest BCUT2D eigenvalue weighted by atomic mass is 10.9. The van der Waals surface area contributed by atoms with E-state index in [-0.39, 0.29) is 0 Å². The maximum Gasteiger partial charge on any atom is 0.479 e. The Bertz CT molecular complexity index is 254. The van der Waals surface area contributed by atoms with Gasteiger partial charge in [0.25, 0.3) is 0 Å². The van der Waals surface area contributed by atoms with Crippen LogP contribution in [0.5, 0.6) is 0 Å². The Hall–Kier alpha value is 0.531. The van der Waals surface area contributed by atoms with Crippen LogP contribution < -0.4 is 0 Å². The third-order valence-corrected chi connectivity index (χ3v) is 20.7. The Morgan fingerprint density at radius 1 is 0.500 bits per heavy atom. The molecule has 22 heavy (non-hydrogen) atoms. The first-order valence-corrected chi connectivity index (χ1v) is 16.4. The number of hydrogen-bond donors (Lipinski definition) is 0. The van der Waals surface area contributed by atoms with E-state index in [1.54, 1.807) is 0 Å². The van der Waals surface area contributed by atoms with Gasteiger partial charge in [0.15, 0.2) is 16.6 Å². The van der Waals surface area contributed by atoms with Crippen LogP contribution >= 0.6 is 0 Å². The first-order chi connectivity index (χ1) is 10.4. The van der Waals surface area contributed by atoms with Crippen molar-refractivity contribution in [2.75, 3.05) is 6.61 Å². The van der Waals surface area contributed by atoms with Crippen LogP contribution in [-0.2, 0) is 12.7 Å². The van der Waals surface area contributed by atoms with Crippen molar-refractivity contribution >= 4 is 25.4 Å². The van der Waals surface area contributed by atoms with E-state index in [0.717, 1.165) is 42.3 Å². The summed E-state index contributed by atoms with van der Waals surface area (Å²) in [6, 6.07) is 7.85. The van der Waals surface area contributed by atoms with Crippen molar-refractivity contribution in [3.63, 3.8) is 0 Å². The first-order valence-electron chi connectivity index (χ1n) is 9.44. The second kappa shape index (κ2) is 10.4. The highest BCUT2D eigenvalue weighted by Crippen LogP contribution is 2.34. The smallest absolute Gasteiger partial charge is 0.416 e. The molecule has 0 heterocycles. The molecular formula is C16H40O3Si3. The molecule has 0 unspecified atom stereocenters. The van der Waals surface area contributed by atoms with Gasteiger partial charge in [-0.2, -0.15) is 0 Å². The fraction of sp³-hybridized carbons (Fsp3) is 1.00. The summed E-state index contributed by atoms with van der Waals surface area (Å²) in [6.07, 6.45) is 0. The minimum Gasteiger partial charge on any atom is -0.416 e. The molecule has 0 N–H and O–H groups in total. The van der Waals surface area contributed by atoms with Gasteiger partial charge in [-0.15, -0.1) is 0 Å². The SMILES string of the molecule is CCO[Si](CC)(O[Si](CC)(CC)CC)O[Si](CC)(CC)CC. The predicted molar refractivity (Wildman–Crippen MR) is 104 cm³/mol. The van der Waals surface area contributed by atoms with E-state index in [1.165, 1.54) is 0 Å². The van der Waals surface area contributed by atoms with Crippen molar-refractivity contribution in [2.24, 2.45) is 0 Å². The van der Waals surface area contributed by atoms with Crippen LogP contribution in [0.3, 0.4) is 0 Å². The van der Waals surface area contributed by atoms with Crippen LogP contribution in [-0.4, -0.2) is 32.0 Å². The quantitative estimate of drug-likeness (QED) is 0.374. The lowest BCUT2D eigenvalue weighted by Crippen LogP contribution is -2.60. The summed E-state index contributed by atoms with van der Waals surface area (Å²) >= 11 is 0. The third-order valence-electron chi connectivity index (χ3n) is 5.41. The van der Waals surface area contributed by atoms with Crippen LogP contribution in [0.4, 0.5) is 0 Å². The van der Waals surface area contributed by atoms with E-state index in [1.807, 2.05) is 0 Å². The topological polar surface area (TPSA) is 27.7 Å². The summed E-state index contributed by atoms with van der Waals surface area (Å²) in [4.78, 5) is 0. The Morgan fingerprint density at radius 2 is 0.818 bits per heavy atom. The highest BCUT2D eigenvalue weighted by molar-refractivity contribution is 6.87. The molecule has 0 aromatic heterocycles. The zero-order valence-electron chi connectivity index (χ0n) is 16.4. The van der Waals surface area contributed by atoms with Crippen LogP contribution in [0.15, 0.2) is 0 Å². The maximum atomic E-state index is 6.89. The maximum absolute atomic E-state index is 6.89. The summed E-state index contributed by atoms with van der Waals surface area (Å²) < 4.78 is 20.0. The second-order valence-electron chi connectivity index (χ2n) is 6.16. The molecule has 6 heteroatoms. The Labute approximate surface area is 142 Å². The van der Waals surface area contributed by atoms with Gasteiger partial charge in [0.2, 0.25) is 0 Å². The lowest BCUT2D eigenvalue weighted by Gasteiger charge is -2.44. The molecule has 0 spiro atoms. The fourth-order valence-corrected chi connectivity index (χ4v) is 17.7. The average Bonchev–Trinajstić information content (AvgIpc) is 2.58. The van der Waals surface area contributed by atoms with Gasteiger partial charge < -0.3 is 12.7 Å². The summed E-state index contributed by atoms with van der Waals surface area (Å²) in [5, 5.41) is 0. The number of rotatable bonds is 13. The summed E-state index contributed by atoms with van der Waals surface area (Å²) in [6.45, 7) is 18.7. The molecule has 0 rings (SSSR count). The molecule has 0 aromatic carbocycles. The van der Waals surface area contributed by atoms with Gasteiger partial charge in [-0.05, 0) is 43.2 Å². The summed E-state index contributed by atoms with van der Waals surface area (Å²) in [7, 11) is -5.97. The minimum atomic E-state index is -2.54. The van der Waals surface area contributed by atoms with Gasteiger partial charge in [-0.3, -0.25) is 0 Å². The molecule has 0 saturated carbocycles. The summed E-state index contributed by atoms with van der Waals surface area (Å²) in [5.74, 6) is 0. The first kappa shape index (κ1) is 22.5. The van der Waals surface area contributed by atoms with Crippen molar-refractivity contribution in [1.82, 2.24) is 0 Å². The van der Waals surface area contributed by atoms with E-state index in [4.69, 9.17) is 12.7 Å². The molecule has 134 valence electrons. The van der Waals surface area contributed by atoms with E-state index >= 15 is 0 Å². The summed E-state index contributed by atoms with van der Waals surface area (Å²) in [5.41, 5.74) is 0. The van der Waals surface area contributed by atoms with Crippen molar-refractivity contribution in [2.45, 2.75) is 97.7 Å². The Kier molecular flexibility index (Phi) is 10.7. The van der Waals surface area contributed by atoms with Crippen molar-refractivity contribution in [1.29, 1.82) is 0 Å². The minimum absolute atomic E-state index is 0.698. The molecule has 0 saturated heterocycles. The Morgan fingerprint density at radius 3 is 1.00 bits per heavy atom. The monoisotopic (exact) mass is 364 g/mol.